The largest absolute Gasteiger partial charge is 0.507 e. The van der Waals surface area contributed by atoms with Crippen LogP contribution in [0.2, 0.25) is 5.02 Å². The van der Waals surface area contributed by atoms with E-state index in [1.165, 1.54) is 29.0 Å². The first-order valence-corrected chi connectivity index (χ1v) is 7.90. The van der Waals surface area contributed by atoms with Gasteiger partial charge in [0.25, 0.3) is 5.56 Å². The van der Waals surface area contributed by atoms with Crippen molar-refractivity contribution in [2.45, 2.75) is 31.9 Å². The molecule has 0 amide bonds. The minimum Gasteiger partial charge on any atom is -0.507 e. The molecule has 2 aromatic rings. The van der Waals surface area contributed by atoms with Crippen molar-refractivity contribution in [3.8, 4) is 5.75 Å². The lowest BCUT2D eigenvalue weighted by Gasteiger charge is -2.14. The average Bonchev–Trinajstić information content (AvgIpc) is 3.02. The molecule has 0 radical (unpaired) electrons. The third kappa shape index (κ3) is 3.41. The highest BCUT2D eigenvalue weighted by molar-refractivity contribution is 6.31. The van der Waals surface area contributed by atoms with E-state index in [0.717, 1.165) is 12.8 Å². The molecule has 1 fully saturated rings. The van der Waals surface area contributed by atoms with Crippen LogP contribution in [0, 0.1) is 5.82 Å². The molecule has 122 valence electrons. The molecule has 0 unspecified atom stereocenters. The predicted octanol–water partition coefficient (Wildman–Crippen LogP) is 3.12. The van der Waals surface area contributed by atoms with Crippen LogP contribution in [0.5, 0.6) is 5.75 Å². The van der Waals surface area contributed by atoms with Crippen molar-refractivity contribution < 1.29 is 14.2 Å². The number of rotatable bonds is 4. The monoisotopic (exact) mass is 337 g/mol. The summed E-state index contributed by atoms with van der Waals surface area (Å²) in [6.45, 7) is 1.13. The maximum absolute atomic E-state index is 13.9. The van der Waals surface area contributed by atoms with Gasteiger partial charge in [-0.2, -0.15) is 0 Å². The van der Waals surface area contributed by atoms with E-state index in [1.54, 1.807) is 6.07 Å². The summed E-state index contributed by atoms with van der Waals surface area (Å²) in [6, 6.07) is 5.79. The smallest absolute Gasteiger partial charge is 0.257 e. The second-order valence-corrected chi connectivity index (χ2v) is 6.06. The summed E-state index contributed by atoms with van der Waals surface area (Å²) >= 11 is 6.01. The lowest BCUT2D eigenvalue weighted by atomic mass is 10.0. The topological polar surface area (TPSA) is 51.5 Å². The summed E-state index contributed by atoms with van der Waals surface area (Å²) in [5.41, 5.74) is -0.00579. The molecular weight excluding hydrogens is 321 g/mol. The molecule has 1 atom stereocenters. The van der Waals surface area contributed by atoms with Crippen molar-refractivity contribution >= 4 is 11.6 Å². The molecule has 1 aliphatic rings. The maximum atomic E-state index is 13.9. The number of ether oxygens (including phenoxy) is 1. The van der Waals surface area contributed by atoms with Gasteiger partial charge in [0.2, 0.25) is 0 Å². The Bertz CT molecular complexity index is 749. The Morgan fingerprint density at radius 2 is 2.17 bits per heavy atom. The number of pyridine rings is 1. The molecule has 4 nitrogen and oxygen atoms in total. The molecule has 23 heavy (non-hydrogen) atoms. The fourth-order valence-corrected chi connectivity index (χ4v) is 3.04. The molecule has 1 aliphatic heterocycles. The molecular formula is C17H17ClFNO3. The summed E-state index contributed by atoms with van der Waals surface area (Å²) < 4.78 is 21.0. The highest BCUT2D eigenvalue weighted by atomic mass is 35.5. The van der Waals surface area contributed by atoms with E-state index >= 15 is 0 Å². The zero-order valence-corrected chi connectivity index (χ0v) is 13.2. The Balaban J connectivity index is 1.93. The second kappa shape index (κ2) is 6.72. The second-order valence-electron chi connectivity index (χ2n) is 5.65. The van der Waals surface area contributed by atoms with Crippen LogP contribution in [0.4, 0.5) is 4.39 Å². The van der Waals surface area contributed by atoms with Crippen LogP contribution in [0.3, 0.4) is 0 Å². The van der Waals surface area contributed by atoms with Crippen LogP contribution >= 0.6 is 11.6 Å². The number of aromatic nitrogens is 1. The molecule has 6 heteroatoms. The number of hydrogen-bond donors (Lipinski definition) is 1. The summed E-state index contributed by atoms with van der Waals surface area (Å²) in [5, 5.41) is 10.2. The molecule has 0 aliphatic carbocycles. The first-order valence-electron chi connectivity index (χ1n) is 7.52. The Morgan fingerprint density at radius 3 is 2.87 bits per heavy atom. The van der Waals surface area contributed by atoms with Gasteiger partial charge in [-0.05, 0) is 31.0 Å². The summed E-state index contributed by atoms with van der Waals surface area (Å²) in [5.74, 6) is -0.649. The average molecular weight is 338 g/mol. The van der Waals surface area contributed by atoms with Crippen LogP contribution < -0.4 is 5.56 Å². The standard InChI is InChI=1S/C17H17ClFNO3/c18-14-4-1-5-15(19)12(14)9-13-16(21)6-7-20(17(13)22)10-11-3-2-8-23-11/h1,4-7,11,21H,2-3,8-10H2/t11-/m1/s1. The molecule has 1 aromatic heterocycles. The summed E-state index contributed by atoms with van der Waals surface area (Å²) in [7, 11) is 0. The third-order valence-corrected chi connectivity index (χ3v) is 4.43. The van der Waals surface area contributed by atoms with E-state index in [9.17, 15) is 14.3 Å². The van der Waals surface area contributed by atoms with Gasteiger partial charge < -0.3 is 14.4 Å². The number of halogens is 2. The Labute approximate surface area is 138 Å². The zero-order chi connectivity index (χ0) is 16.4. The molecule has 0 bridgehead atoms. The van der Waals surface area contributed by atoms with E-state index in [0.29, 0.717) is 13.2 Å². The summed E-state index contributed by atoms with van der Waals surface area (Å²) in [6.07, 6.45) is 3.37. The quantitative estimate of drug-likeness (QED) is 0.932. The number of hydrogen-bond acceptors (Lipinski definition) is 3. The predicted molar refractivity (Wildman–Crippen MR) is 85.6 cm³/mol. The minimum absolute atomic E-state index is 0.00198. The highest BCUT2D eigenvalue weighted by Crippen LogP contribution is 2.24. The van der Waals surface area contributed by atoms with Crippen molar-refractivity contribution in [3.05, 3.63) is 62.8 Å². The Kier molecular flexibility index (Phi) is 4.68. The van der Waals surface area contributed by atoms with Crippen LogP contribution in [-0.2, 0) is 17.7 Å². The van der Waals surface area contributed by atoms with Crippen molar-refractivity contribution in [2.24, 2.45) is 0 Å². The van der Waals surface area contributed by atoms with Crippen LogP contribution in [0.15, 0.2) is 35.3 Å². The van der Waals surface area contributed by atoms with E-state index < -0.39 is 5.82 Å². The lowest BCUT2D eigenvalue weighted by molar-refractivity contribution is 0.0960. The summed E-state index contributed by atoms with van der Waals surface area (Å²) in [4.78, 5) is 12.6. The van der Waals surface area contributed by atoms with Gasteiger partial charge >= 0.3 is 0 Å². The number of aromatic hydroxyl groups is 1. The molecule has 3 rings (SSSR count). The molecule has 1 N–H and O–H groups in total. The van der Waals surface area contributed by atoms with Gasteiger partial charge in [-0.15, -0.1) is 0 Å². The van der Waals surface area contributed by atoms with Crippen LogP contribution in [0.25, 0.3) is 0 Å². The highest BCUT2D eigenvalue weighted by Gasteiger charge is 2.19. The lowest BCUT2D eigenvalue weighted by Crippen LogP contribution is -2.28. The van der Waals surface area contributed by atoms with Gasteiger partial charge in [0.15, 0.2) is 0 Å². The molecule has 0 saturated carbocycles. The molecule has 2 heterocycles. The SMILES string of the molecule is O=c1c(Cc2c(F)cccc2Cl)c(O)ccn1C[C@H]1CCCO1. The zero-order valence-electron chi connectivity index (χ0n) is 12.5. The number of benzene rings is 1. The maximum Gasteiger partial charge on any atom is 0.257 e. The molecule has 1 saturated heterocycles. The van der Waals surface area contributed by atoms with Crippen molar-refractivity contribution in [1.82, 2.24) is 4.57 Å². The van der Waals surface area contributed by atoms with Gasteiger partial charge in [-0.1, -0.05) is 17.7 Å². The van der Waals surface area contributed by atoms with Gasteiger partial charge in [-0.25, -0.2) is 4.39 Å². The van der Waals surface area contributed by atoms with E-state index in [1.807, 2.05) is 0 Å². The van der Waals surface area contributed by atoms with Crippen LogP contribution in [0.1, 0.15) is 24.0 Å². The first-order chi connectivity index (χ1) is 11.1. The van der Waals surface area contributed by atoms with E-state index in [-0.39, 0.29) is 40.0 Å². The Hall–Kier alpha value is -1.85. The van der Waals surface area contributed by atoms with Gasteiger partial charge in [0, 0.05) is 29.8 Å². The molecule has 1 aromatic carbocycles. The van der Waals surface area contributed by atoms with Crippen molar-refractivity contribution in [3.63, 3.8) is 0 Å². The Morgan fingerprint density at radius 1 is 1.35 bits per heavy atom. The third-order valence-electron chi connectivity index (χ3n) is 4.08. The van der Waals surface area contributed by atoms with E-state index in [2.05, 4.69) is 0 Å². The minimum atomic E-state index is -0.495. The van der Waals surface area contributed by atoms with Crippen molar-refractivity contribution in [2.75, 3.05) is 6.61 Å². The van der Waals surface area contributed by atoms with Crippen molar-refractivity contribution in [1.29, 1.82) is 0 Å². The van der Waals surface area contributed by atoms with Gasteiger partial charge in [-0.3, -0.25) is 4.79 Å². The van der Waals surface area contributed by atoms with E-state index in [4.69, 9.17) is 16.3 Å². The van der Waals surface area contributed by atoms with Gasteiger partial charge in [0.05, 0.1) is 18.2 Å². The normalized spacial score (nSPS) is 17.6. The first kappa shape index (κ1) is 16.0. The fraction of sp³-hybridized carbons (Fsp3) is 0.353. The van der Waals surface area contributed by atoms with Gasteiger partial charge in [0.1, 0.15) is 11.6 Å². The fourth-order valence-electron chi connectivity index (χ4n) is 2.81. The molecule has 0 spiro atoms. The van der Waals surface area contributed by atoms with Crippen LogP contribution in [-0.4, -0.2) is 22.4 Å². The number of nitrogens with zero attached hydrogens (tertiary/aromatic N) is 1.